The molecular formula is C8H2ClF7O. The number of hydrogen-bond acceptors (Lipinski definition) is 1. The molecule has 0 aromatic heterocycles. The van der Waals surface area contributed by atoms with Crippen LogP contribution in [-0.2, 0) is 6.18 Å². The highest BCUT2D eigenvalue weighted by Crippen LogP contribution is 2.42. The summed E-state index contributed by atoms with van der Waals surface area (Å²) in [4.78, 5) is 0. The normalized spacial score (nSPS) is 12.7. The highest BCUT2D eigenvalue weighted by molar-refractivity contribution is 6.32. The van der Waals surface area contributed by atoms with Crippen molar-refractivity contribution >= 4 is 11.6 Å². The van der Waals surface area contributed by atoms with Crippen LogP contribution in [0.4, 0.5) is 30.7 Å². The number of halogens is 8. The number of hydrogen-bond donors (Lipinski definition) is 0. The fourth-order valence-corrected chi connectivity index (χ4v) is 1.30. The molecule has 1 aromatic rings. The highest BCUT2D eigenvalue weighted by Gasteiger charge is 2.40. The van der Waals surface area contributed by atoms with Gasteiger partial charge in [0.25, 0.3) is 0 Å². The van der Waals surface area contributed by atoms with Crippen molar-refractivity contribution in [1.82, 2.24) is 0 Å². The van der Waals surface area contributed by atoms with Crippen LogP contribution in [0.2, 0.25) is 5.02 Å². The molecule has 0 saturated carbocycles. The maximum atomic E-state index is 12.8. The maximum Gasteiger partial charge on any atom is 0.573 e. The van der Waals surface area contributed by atoms with Gasteiger partial charge in [0.05, 0.1) is 5.02 Å². The molecule has 0 aliphatic heterocycles. The van der Waals surface area contributed by atoms with Gasteiger partial charge < -0.3 is 4.74 Å². The van der Waals surface area contributed by atoms with Gasteiger partial charge in [-0.25, -0.2) is 4.39 Å². The zero-order chi connectivity index (χ0) is 13.4. The van der Waals surface area contributed by atoms with Gasteiger partial charge in [0.15, 0.2) is 0 Å². The van der Waals surface area contributed by atoms with Crippen molar-refractivity contribution in [2.24, 2.45) is 0 Å². The molecule has 0 aliphatic carbocycles. The van der Waals surface area contributed by atoms with Crippen molar-refractivity contribution in [3.05, 3.63) is 28.5 Å². The molecule has 9 heteroatoms. The van der Waals surface area contributed by atoms with E-state index in [1.807, 2.05) is 0 Å². The molecule has 17 heavy (non-hydrogen) atoms. The number of rotatable bonds is 1. The summed E-state index contributed by atoms with van der Waals surface area (Å²) in [6, 6.07) is 0.552. The molecule has 0 fully saturated rings. The first kappa shape index (κ1) is 13.9. The van der Waals surface area contributed by atoms with E-state index in [1.54, 1.807) is 0 Å². The molecule has 0 saturated heterocycles. The Kier molecular flexibility index (Phi) is 3.47. The van der Waals surface area contributed by atoms with Crippen LogP contribution >= 0.6 is 11.6 Å². The Bertz CT molecular complexity index is 423. The van der Waals surface area contributed by atoms with Crippen molar-refractivity contribution in [2.75, 3.05) is 0 Å². The third kappa shape index (κ3) is 3.39. The van der Waals surface area contributed by atoms with E-state index in [9.17, 15) is 30.7 Å². The van der Waals surface area contributed by atoms with Gasteiger partial charge in [-0.1, -0.05) is 11.6 Å². The molecule has 0 atom stereocenters. The minimum Gasteiger partial charge on any atom is -0.404 e. The fraction of sp³-hybridized carbons (Fsp3) is 0.250. The van der Waals surface area contributed by atoms with E-state index < -0.39 is 34.7 Å². The van der Waals surface area contributed by atoms with Crippen LogP contribution in [0.15, 0.2) is 12.1 Å². The van der Waals surface area contributed by atoms with Crippen LogP contribution in [0.5, 0.6) is 5.75 Å². The Morgan fingerprint density at radius 1 is 1.00 bits per heavy atom. The molecule has 96 valence electrons. The lowest BCUT2D eigenvalue weighted by atomic mass is 10.2. The number of benzene rings is 1. The van der Waals surface area contributed by atoms with Crippen LogP contribution in [0.1, 0.15) is 5.56 Å². The average molecular weight is 283 g/mol. The third-order valence-corrected chi connectivity index (χ3v) is 1.94. The molecule has 0 heterocycles. The van der Waals surface area contributed by atoms with E-state index in [4.69, 9.17) is 11.6 Å². The molecule has 0 unspecified atom stereocenters. The van der Waals surface area contributed by atoms with E-state index in [0.29, 0.717) is 6.07 Å². The summed E-state index contributed by atoms with van der Waals surface area (Å²) in [5.74, 6) is -3.09. The number of ether oxygens (including phenoxy) is 1. The molecular weight excluding hydrogens is 281 g/mol. The van der Waals surface area contributed by atoms with Crippen LogP contribution in [-0.4, -0.2) is 6.36 Å². The van der Waals surface area contributed by atoms with E-state index in [2.05, 4.69) is 4.74 Å². The van der Waals surface area contributed by atoms with Gasteiger partial charge in [-0.3, -0.25) is 0 Å². The summed E-state index contributed by atoms with van der Waals surface area (Å²) in [6.45, 7) is 0. The largest absolute Gasteiger partial charge is 0.573 e. The predicted molar refractivity (Wildman–Crippen MR) is 43.1 cm³/mol. The highest BCUT2D eigenvalue weighted by atomic mass is 35.5. The van der Waals surface area contributed by atoms with Crippen molar-refractivity contribution in [1.29, 1.82) is 0 Å². The molecule has 0 spiro atoms. The third-order valence-electron chi connectivity index (χ3n) is 1.56. The molecule has 0 N–H and O–H groups in total. The minimum atomic E-state index is -5.22. The zero-order valence-electron chi connectivity index (χ0n) is 7.59. The standard InChI is InChI=1S/C8H2ClF7O/c9-6-4(17-8(14,15)16)2-1-3(10)5(6)7(11,12)13/h1-2H. The van der Waals surface area contributed by atoms with E-state index >= 15 is 0 Å². The van der Waals surface area contributed by atoms with Crippen molar-refractivity contribution < 1.29 is 35.5 Å². The van der Waals surface area contributed by atoms with Crippen molar-refractivity contribution in [2.45, 2.75) is 12.5 Å². The van der Waals surface area contributed by atoms with Gasteiger partial charge in [0.1, 0.15) is 17.1 Å². The second kappa shape index (κ2) is 4.25. The Morgan fingerprint density at radius 2 is 1.53 bits per heavy atom. The van der Waals surface area contributed by atoms with Gasteiger partial charge in [0, 0.05) is 0 Å². The molecule has 0 aliphatic rings. The lowest BCUT2D eigenvalue weighted by Gasteiger charge is -2.15. The second-order valence-electron chi connectivity index (χ2n) is 2.78. The van der Waals surface area contributed by atoms with E-state index in [0.717, 1.165) is 0 Å². The van der Waals surface area contributed by atoms with E-state index in [1.165, 1.54) is 0 Å². The summed E-state index contributed by atoms with van der Waals surface area (Å²) in [6.07, 6.45) is -10.4. The summed E-state index contributed by atoms with van der Waals surface area (Å²) in [5.41, 5.74) is -2.00. The SMILES string of the molecule is Fc1ccc(OC(F)(F)F)c(Cl)c1C(F)(F)F. The monoisotopic (exact) mass is 282 g/mol. The molecule has 0 amide bonds. The van der Waals surface area contributed by atoms with Gasteiger partial charge >= 0.3 is 12.5 Å². The summed E-state index contributed by atoms with van der Waals surface area (Å²) >= 11 is 5.02. The Balaban J connectivity index is 3.30. The average Bonchev–Trinajstić information content (AvgIpc) is 2.06. The molecule has 1 nitrogen and oxygen atoms in total. The molecule has 1 rings (SSSR count). The van der Waals surface area contributed by atoms with Crippen LogP contribution in [0, 0.1) is 5.82 Å². The van der Waals surface area contributed by atoms with Crippen LogP contribution < -0.4 is 4.74 Å². The maximum absolute atomic E-state index is 12.8. The smallest absolute Gasteiger partial charge is 0.404 e. The Morgan fingerprint density at radius 3 is 1.94 bits per heavy atom. The quantitative estimate of drug-likeness (QED) is 0.694. The summed E-state index contributed by atoms with van der Waals surface area (Å²) in [7, 11) is 0. The fourth-order valence-electron chi connectivity index (χ4n) is 0.997. The first-order valence-corrected chi connectivity index (χ1v) is 4.21. The summed E-state index contributed by atoms with van der Waals surface area (Å²) < 4.78 is 88.2. The first-order chi connectivity index (χ1) is 7.52. The predicted octanol–water partition coefficient (Wildman–Crippen LogP) is 4.40. The second-order valence-corrected chi connectivity index (χ2v) is 3.16. The lowest BCUT2D eigenvalue weighted by Crippen LogP contribution is -2.19. The minimum absolute atomic E-state index is 0.190. The van der Waals surface area contributed by atoms with Gasteiger partial charge in [0.2, 0.25) is 0 Å². The van der Waals surface area contributed by atoms with Crippen molar-refractivity contribution in [3.63, 3.8) is 0 Å². The first-order valence-electron chi connectivity index (χ1n) is 3.83. The topological polar surface area (TPSA) is 9.23 Å². The summed E-state index contributed by atoms with van der Waals surface area (Å²) in [5, 5.41) is -1.48. The van der Waals surface area contributed by atoms with Gasteiger partial charge in [-0.15, -0.1) is 13.2 Å². The van der Waals surface area contributed by atoms with Gasteiger partial charge in [-0.2, -0.15) is 13.2 Å². The molecule has 0 radical (unpaired) electrons. The number of alkyl halides is 6. The van der Waals surface area contributed by atoms with Crippen LogP contribution in [0.25, 0.3) is 0 Å². The lowest BCUT2D eigenvalue weighted by molar-refractivity contribution is -0.274. The van der Waals surface area contributed by atoms with Crippen LogP contribution in [0.3, 0.4) is 0 Å². The molecule has 1 aromatic carbocycles. The van der Waals surface area contributed by atoms with Gasteiger partial charge in [-0.05, 0) is 12.1 Å². The Hall–Kier alpha value is -1.18. The van der Waals surface area contributed by atoms with E-state index in [-0.39, 0.29) is 6.07 Å². The Labute approximate surface area is 94.7 Å². The zero-order valence-corrected chi connectivity index (χ0v) is 8.34. The molecule has 0 bridgehead atoms. The van der Waals surface area contributed by atoms with Crippen molar-refractivity contribution in [3.8, 4) is 5.75 Å².